The van der Waals surface area contributed by atoms with E-state index in [1.165, 1.54) is 36.4 Å². The van der Waals surface area contributed by atoms with Crippen LogP contribution in [0.25, 0.3) is 0 Å². The summed E-state index contributed by atoms with van der Waals surface area (Å²) in [5.41, 5.74) is 0.975. The maximum absolute atomic E-state index is 12.0. The Morgan fingerprint density at radius 2 is 1.25 bits per heavy atom. The number of nitrogens with zero attached hydrogens (tertiary/aromatic N) is 1. The van der Waals surface area contributed by atoms with Crippen molar-refractivity contribution in [3.05, 3.63) is 64.2 Å². The predicted molar refractivity (Wildman–Crippen MR) is 115 cm³/mol. The van der Waals surface area contributed by atoms with Crippen LogP contribution in [-0.4, -0.2) is 66.2 Å². The number of ether oxygens (including phenoxy) is 4. The smallest absolute Gasteiger partial charge is 0.297 e. The van der Waals surface area contributed by atoms with Crippen LogP contribution in [0.4, 0.5) is 5.69 Å². The van der Waals surface area contributed by atoms with E-state index >= 15 is 0 Å². The molecule has 0 aliphatic rings. The number of hydrogen-bond donors (Lipinski definition) is 0. The van der Waals surface area contributed by atoms with Crippen molar-refractivity contribution in [3.63, 3.8) is 0 Å². The molecule has 0 bridgehead atoms. The monoisotopic (exact) mass is 469 g/mol. The van der Waals surface area contributed by atoms with Crippen LogP contribution in [0.1, 0.15) is 5.56 Å². The number of nitro groups is 1. The molecule has 0 amide bonds. The lowest BCUT2D eigenvalue weighted by atomic mass is 10.2. The molecule has 10 nitrogen and oxygen atoms in total. The zero-order valence-corrected chi connectivity index (χ0v) is 18.6. The van der Waals surface area contributed by atoms with Gasteiger partial charge in [0, 0.05) is 12.1 Å². The van der Waals surface area contributed by atoms with Crippen molar-refractivity contribution in [2.75, 3.05) is 52.9 Å². The van der Waals surface area contributed by atoms with Gasteiger partial charge in [-0.25, -0.2) is 0 Å². The average Bonchev–Trinajstić information content (AvgIpc) is 2.77. The van der Waals surface area contributed by atoms with E-state index in [9.17, 15) is 18.5 Å². The summed E-state index contributed by atoms with van der Waals surface area (Å²) >= 11 is 0. The van der Waals surface area contributed by atoms with E-state index < -0.39 is 15.0 Å². The second-order valence-corrected chi connectivity index (χ2v) is 8.14. The van der Waals surface area contributed by atoms with Gasteiger partial charge in [0.05, 0.1) is 56.1 Å². The zero-order valence-electron chi connectivity index (χ0n) is 17.8. The fourth-order valence-electron chi connectivity index (χ4n) is 2.40. The number of benzene rings is 2. The Morgan fingerprint density at radius 1 is 0.750 bits per heavy atom. The lowest BCUT2D eigenvalue weighted by Crippen LogP contribution is -2.15. The molecule has 0 atom stereocenters. The van der Waals surface area contributed by atoms with Crippen molar-refractivity contribution >= 4 is 15.8 Å². The first-order valence-electron chi connectivity index (χ1n) is 9.95. The molecule has 2 aromatic carbocycles. The molecule has 0 N–H and O–H groups in total. The van der Waals surface area contributed by atoms with E-state index in [-0.39, 0.29) is 23.8 Å². The van der Waals surface area contributed by atoms with Gasteiger partial charge in [-0.3, -0.25) is 14.3 Å². The molecule has 0 aliphatic heterocycles. The molecule has 0 aliphatic carbocycles. The van der Waals surface area contributed by atoms with Gasteiger partial charge in [-0.05, 0) is 31.2 Å². The minimum absolute atomic E-state index is 0.00883. The lowest BCUT2D eigenvalue weighted by Gasteiger charge is -2.09. The second kappa shape index (κ2) is 13.8. The van der Waals surface area contributed by atoms with E-state index in [2.05, 4.69) is 0 Å². The van der Waals surface area contributed by atoms with Gasteiger partial charge in [0.1, 0.15) is 12.4 Å². The van der Waals surface area contributed by atoms with E-state index in [0.29, 0.717) is 45.4 Å². The van der Waals surface area contributed by atoms with Gasteiger partial charge >= 0.3 is 0 Å². The molecule has 32 heavy (non-hydrogen) atoms. The quantitative estimate of drug-likeness (QED) is 0.158. The highest BCUT2D eigenvalue weighted by Gasteiger charge is 2.14. The largest absolute Gasteiger partial charge is 0.491 e. The van der Waals surface area contributed by atoms with Gasteiger partial charge in [-0.2, -0.15) is 8.42 Å². The van der Waals surface area contributed by atoms with Gasteiger partial charge < -0.3 is 18.9 Å². The summed E-state index contributed by atoms with van der Waals surface area (Å²) in [4.78, 5) is 10.2. The van der Waals surface area contributed by atoms with Crippen molar-refractivity contribution in [1.29, 1.82) is 0 Å². The van der Waals surface area contributed by atoms with Crippen molar-refractivity contribution in [2.24, 2.45) is 0 Å². The van der Waals surface area contributed by atoms with Crippen LogP contribution in [0.3, 0.4) is 0 Å². The summed E-state index contributed by atoms with van der Waals surface area (Å²) in [5, 5.41) is 10.6. The van der Waals surface area contributed by atoms with E-state index in [4.69, 9.17) is 23.1 Å². The Morgan fingerprint density at radius 3 is 1.78 bits per heavy atom. The van der Waals surface area contributed by atoms with Crippen molar-refractivity contribution in [1.82, 2.24) is 0 Å². The van der Waals surface area contributed by atoms with Crippen LogP contribution in [0.15, 0.2) is 53.4 Å². The molecular formula is C21H27NO9S. The summed E-state index contributed by atoms with van der Waals surface area (Å²) in [6, 6.07) is 12.2. The molecule has 11 heteroatoms. The molecule has 2 rings (SSSR count). The first kappa shape index (κ1) is 25.7. The molecule has 2 aromatic rings. The van der Waals surface area contributed by atoms with Gasteiger partial charge in [0.25, 0.3) is 15.8 Å². The van der Waals surface area contributed by atoms with Gasteiger partial charge in [0.15, 0.2) is 0 Å². The summed E-state index contributed by atoms with van der Waals surface area (Å²) in [6.45, 7) is 3.98. The van der Waals surface area contributed by atoms with E-state index in [1.807, 2.05) is 6.92 Å². The highest BCUT2D eigenvalue weighted by Crippen LogP contribution is 2.17. The molecule has 0 radical (unpaired) electrons. The SMILES string of the molecule is Cc1ccc(S(=O)(=O)OCCOCCOCCOCCOc2ccc([N+](=O)[O-])cc2)cc1. The Balaban J connectivity index is 1.41. The highest BCUT2D eigenvalue weighted by molar-refractivity contribution is 7.86. The number of non-ortho nitro benzene ring substituents is 1. The number of hydrogen-bond acceptors (Lipinski definition) is 9. The maximum atomic E-state index is 12.0. The summed E-state index contributed by atoms with van der Waals surface area (Å²) in [5.74, 6) is 0.531. The minimum Gasteiger partial charge on any atom is -0.491 e. The van der Waals surface area contributed by atoms with Crippen LogP contribution < -0.4 is 4.74 Å². The van der Waals surface area contributed by atoms with Crippen molar-refractivity contribution < 1.29 is 36.5 Å². The first-order chi connectivity index (χ1) is 15.4. The summed E-state index contributed by atoms with van der Waals surface area (Å²) < 4.78 is 50.3. The third kappa shape index (κ3) is 9.71. The molecular weight excluding hydrogens is 442 g/mol. The molecule has 0 unspecified atom stereocenters. The van der Waals surface area contributed by atoms with Crippen LogP contribution in [-0.2, 0) is 28.5 Å². The van der Waals surface area contributed by atoms with Crippen LogP contribution in [0, 0.1) is 17.0 Å². The van der Waals surface area contributed by atoms with Crippen LogP contribution >= 0.6 is 0 Å². The Labute approximate surface area is 187 Å². The normalized spacial score (nSPS) is 11.4. The standard InChI is InChI=1S/C21H27NO9S/c1-18-2-8-21(9-3-18)32(25,26)31-17-15-29-13-11-27-10-12-28-14-16-30-20-6-4-19(5-7-20)22(23)24/h2-9H,10-17H2,1H3. The van der Waals surface area contributed by atoms with Crippen LogP contribution in [0.2, 0.25) is 0 Å². The number of nitro benzene ring substituents is 1. The molecule has 0 saturated heterocycles. The molecule has 0 aromatic heterocycles. The minimum atomic E-state index is -3.78. The zero-order chi connectivity index (χ0) is 23.2. The van der Waals surface area contributed by atoms with E-state index in [0.717, 1.165) is 5.56 Å². The topological polar surface area (TPSA) is 123 Å². The fourth-order valence-corrected chi connectivity index (χ4v) is 3.29. The third-order valence-electron chi connectivity index (χ3n) is 4.06. The molecule has 0 fully saturated rings. The highest BCUT2D eigenvalue weighted by atomic mass is 32.2. The summed E-state index contributed by atoms with van der Waals surface area (Å²) in [7, 11) is -3.78. The fraction of sp³-hybridized carbons (Fsp3) is 0.429. The second-order valence-electron chi connectivity index (χ2n) is 6.53. The average molecular weight is 470 g/mol. The summed E-state index contributed by atoms with van der Waals surface area (Å²) in [6.07, 6.45) is 0. The molecule has 0 saturated carbocycles. The van der Waals surface area contributed by atoms with E-state index in [1.54, 1.807) is 12.1 Å². The maximum Gasteiger partial charge on any atom is 0.297 e. The van der Waals surface area contributed by atoms with Gasteiger partial charge in [-0.1, -0.05) is 17.7 Å². The van der Waals surface area contributed by atoms with Gasteiger partial charge in [-0.15, -0.1) is 0 Å². The Kier molecular flexibility index (Phi) is 11.0. The third-order valence-corrected chi connectivity index (χ3v) is 5.39. The first-order valence-corrected chi connectivity index (χ1v) is 11.4. The molecule has 0 spiro atoms. The van der Waals surface area contributed by atoms with Crippen molar-refractivity contribution in [2.45, 2.75) is 11.8 Å². The Hall–Kier alpha value is -2.57. The van der Waals surface area contributed by atoms with Crippen LogP contribution in [0.5, 0.6) is 5.75 Å². The Bertz CT molecular complexity index is 915. The van der Waals surface area contributed by atoms with Gasteiger partial charge in [0.2, 0.25) is 0 Å². The predicted octanol–water partition coefficient (Wildman–Crippen LogP) is 2.74. The number of rotatable bonds is 16. The molecule has 176 valence electrons. The lowest BCUT2D eigenvalue weighted by molar-refractivity contribution is -0.384. The van der Waals surface area contributed by atoms with Crippen molar-refractivity contribution in [3.8, 4) is 5.75 Å². The molecule has 0 heterocycles. The number of aryl methyl sites for hydroxylation is 1.